The van der Waals surface area contributed by atoms with Gasteiger partial charge >= 0.3 is 5.69 Å². The van der Waals surface area contributed by atoms with E-state index in [0.29, 0.717) is 5.92 Å². The van der Waals surface area contributed by atoms with Crippen molar-refractivity contribution < 1.29 is 4.79 Å². The van der Waals surface area contributed by atoms with E-state index in [1.54, 1.807) is 0 Å². The number of carbonyl (C=O) groups excluding carboxylic acids is 1. The van der Waals surface area contributed by atoms with Crippen molar-refractivity contribution in [3.63, 3.8) is 0 Å². The number of amides is 1. The highest BCUT2D eigenvalue weighted by Crippen LogP contribution is 2.49. The molecule has 1 heterocycles. The molecule has 1 aromatic rings. The number of hydrogen-bond acceptors (Lipinski definition) is 3. The number of nitrogens with one attached hydrogen (secondary N) is 2. The molecule has 2 fully saturated rings. The molecule has 0 aromatic carbocycles. The maximum atomic E-state index is 12.1. The molecule has 0 saturated heterocycles. The first kappa shape index (κ1) is 15.1. The minimum absolute atomic E-state index is 0.0339. The van der Waals surface area contributed by atoms with Gasteiger partial charge in [0.1, 0.15) is 0 Å². The number of nitrogens with zero attached hydrogens (tertiary/aromatic N) is 1. The van der Waals surface area contributed by atoms with Crippen molar-refractivity contribution in [3.05, 3.63) is 33.1 Å². The number of H-pyrrole nitrogens is 1. The van der Waals surface area contributed by atoms with E-state index in [0.717, 1.165) is 11.8 Å². The first-order valence-electron chi connectivity index (χ1n) is 8.12. The van der Waals surface area contributed by atoms with E-state index < -0.39 is 11.2 Å². The molecule has 2 N–H and O–H groups in total. The van der Waals surface area contributed by atoms with E-state index in [4.69, 9.17) is 0 Å². The molecular formula is C16H23N3O3. The number of rotatable bonds is 5. The van der Waals surface area contributed by atoms with Crippen LogP contribution in [0, 0.1) is 17.8 Å². The van der Waals surface area contributed by atoms with Gasteiger partial charge in [0.25, 0.3) is 5.56 Å². The topological polar surface area (TPSA) is 84.0 Å². The van der Waals surface area contributed by atoms with Crippen molar-refractivity contribution in [2.75, 3.05) is 0 Å². The number of aryl methyl sites for hydroxylation is 1. The lowest BCUT2D eigenvalue weighted by Crippen LogP contribution is -2.40. The Morgan fingerprint density at radius 2 is 2.23 bits per heavy atom. The highest BCUT2D eigenvalue weighted by Gasteiger charge is 2.42. The SMILES string of the molecule is C[C@H](NC(=O)CCn1ccc(=O)[nH]c1=O)[C@H]1C[C@@H]2CC[C@@H]1C2. The van der Waals surface area contributed by atoms with Gasteiger partial charge in [-0.25, -0.2) is 4.79 Å². The molecule has 2 bridgehead atoms. The molecule has 22 heavy (non-hydrogen) atoms. The van der Waals surface area contributed by atoms with Gasteiger partial charge in [-0.2, -0.15) is 0 Å². The first-order valence-corrected chi connectivity index (χ1v) is 8.12. The average molecular weight is 305 g/mol. The van der Waals surface area contributed by atoms with Crippen molar-refractivity contribution >= 4 is 5.91 Å². The van der Waals surface area contributed by atoms with Crippen molar-refractivity contribution in [2.24, 2.45) is 17.8 Å². The lowest BCUT2D eigenvalue weighted by molar-refractivity contribution is -0.122. The van der Waals surface area contributed by atoms with Crippen LogP contribution >= 0.6 is 0 Å². The molecule has 4 atom stereocenters. The Hall–Kier alpha value is -1.85. The maximum Gasteiger partial charge on any atom is 0.328 e. The van der Waals surface area contributed by atoms with Gasteiger partial charge in [0, 0.05) is 31.3 Å². The largest absolute Gasteiger partial charge is 0.353 e. The van der Waals surface area contributed by atoms with Gasteiger partial charge in [-0.1, -0.05) is 6.42 Å². The van der Waals surface area contributed by atoms with Crippen LogP contribution in [0.1, 0.15) is 39.0 Å². The predicted molar refractivity (Wildman–Crippen MR) is 82.5 cm³/mol. The Labute approximate surface area is 128 Å². The third kappa shape index (κ3) is 3.15. The standard InChI is InChI=1S/C16H23N3O3/c1-10(13-9-11-2-3-12(13)8-11)17-14(20)4-6-19-7-5-15(21)18-16(19)22/h5,7,10-13H,2-4,6,8-9H2,1H3,(H,17,20)(H,18,21,22)/t10-,11+,12+,13+/m0/s1. The van der Waals surface area contributed by atoms with Crippen LogP contribution in [-0.2, 0) is 11.3 Å². The van der Waals surface area contributed by atoms with Gasteiger partial charge in [0.05, 0.1) is 0 Å². The molecule has 1 amide bonds. The fraction of sp³-hybridized carbons (Fsp3) is 0.688. The number of carbonyl (C=O) groups is 1. The van der Waals surface area contributed by atoms with E-state index in [1.807, 2.05) is 0 Å². The fourth-order valence-electron chi connectivity index (χ4n) is 4.18. The smallest absolute Gasteiger partial charge is 0.328 e. The Morgan fingerprint density at radius 3 is 2.86 bits per heavy atom. The van der Waals surface area contributed by atoms with E-state index in [-0.39, 0.29) is 24.9 Å². The summed E-state index contributed by atoms with van der Waals surface area (Å²) in [5, 5.41) is 3.08. The maximum absolute atomic E-state index is 12.1. The van der Waals surface area contributed by atoms with Crippen LogP contribution in [-0.4, -0.2) is 21.5 Å². The molecule has 0 aliphatic heterocycles. The van der Waals surface area contributed by atoms with Crippen molar-refractivity contribution in [3.8, 4) is 0 Å². The third-order valence-corrected chi connectivity index (χ3v) is 5.30. The quantitative estimate of drug-likeness (QED) is 0.846. The molecule has 0 radical (unpaired) electrons. The minimum atomic E-state index is -0.471. The normalized spacial score (nSPS) is 27.8. The number of aromatic nitrogens is 2. The van der Waals surface area contributed by atoms with Crippen molar-refractivity contribution in [1.82, 2.24) is 14.9 Å². The van der Waals surface area contributed by atoms with Crippen LogP contribution < -0.4 is 16.6 Å². The summed E-state index contributed by atoms with van der Waals surface area (Å²) < 4.78 is 1.35. The zero-order valence-electron chi connectivity index (χ0n) is 12.9. The molecule has 3 rings (SSSR count). The lowest BCUT2D eigenvalue weighted by atomic mass is 9.84. The highest BCUT2D eigenvalue weighted by molar-refractivity contribution is 5.76. The molecule has 6 heteroatoms. The Morgan fingerprint density at radius 1 is 1.41 bits per heavy atom. The van der Waals surface area contributed by atoms with Gasteiger partial charge in [-0.3, -0.25) is 14.6 Å². The summed E-state index contributed by atoms with van der Waals surface area (Å²) in [5.41, 5.74) is -0.892. The van der Waals surface area contributed by atoms with Gasteiger partial charge < -0.3 is 9.88 Å². The molecule has 2 saturated carbocycles. The molecule has 0 unspecified atom stereocenters. The van der Waals surface area contributed by atoms with E-state index >= 15 is 0 Å². The fourth-order valence-corrected chi connectivity index (χ4v) is 4.18. The summed E-state index contributed by atoms with van der Waals surface area (Å²) in [6.45, 7) is 2.38. The number of hydrogen-bond donors (Lipinski definition) is 2. The van der Waals surface area contributed by atoms with Gasteiger partial charge in [-0.15, -0.1) is 0 Å². The molecule has 120 valence electrons. The second kappa shape index (κ2) is 6.10. The molecule has 6 nitrogen and oxygen atoms in total. The summed E-state index contributed by atoms with van der Waals surface area (Å²) in [5.74, 6) is 2.23. The lowest BCUT2D eigenvalue weighted by Gasteiger charge is -2.28. The monoisotopic (exact) mass is 305 g/mol. The zero-order chi connectivity index (χ0) is 15.7. The summed E-state index contributed by atoms with van der Waals surface area (Å²) in [6.07, 6.45) is 6.91. The summed E-state index contributed by atoms with van der Waals surface area (Å²) in [7, 11) is 0. The number of fused-ring (bicyclic) bond motifs is 2. The zero-order valence-corrected chi connectivity index (χ0v) is 12.9. The first-order chi connectivity index (χ1) is 10.5. The van der Waals surface area contributed by atoms with Crippen molar-refractivity contribution in [2.45, 2.75) is 51.6 Å². The van der Waals surface area contributed by atoms with Crippen LogP contribution in [0.5, 0.6) is 0 Å². The second-order valence-corrected chi connectivity index (χ2v) is 6.75. The van der Waals surface area contributed by atoms with Crippen LogP contribution in [0.3, 0.4) is 0 Å². The Bertz CT molecular complexity index is 663. The van der Waals surface area contributed by atoms with Crippen LogP contribution in [0.15, 0.2) is 21.9 Å². The van der Waals surface area contributed by atoms with E-state index in [1.165, 1.54) is 42.5 Å². The van der Waals surface area contributed by atoms with E-state index in [2.05, 4.69) is 17.2 Å². The van der Waals surface area contributed by atoms with Crippen LogP contribution in [0.4, 0.5) is 0 Å². The molecule has 2 aliphatic rings. The van der Waals surface area contributed by atoms with Gasteiger partial charge in [-0.05, 0) is 43.9 Å². The van der Waals surface area contributed by atoms with Crippen LogP contribution in [0.2, 0.25) is 0 Å². The Kier molecular flexibility index (Phi) is 4.18. The third-order valence-electron chi connectivity index (χ3n) is 5.30. The van der Waals surface area contributed by atoms with Crippen LogP contribution in [0.25, 0.3) is 0 Å². The van der Waals surface area contributed by atoms with Gasteiger partial charge in [0.15, 0.2) is 0 Å². The predicted octanol–water partition coefficient (Wildman–Crippen LogP) is 0.868. The molecule has 1 aromatic heterocycles. The summed E-state index contributed by atoms with van der Waals surface area (Å²) in [4.78, 5) is 36.8. The summed E-state index contributed by atoms with van der Waals surface area (Å²) >= 11 is 0. The molecular weight excluding hydrogens is 282 g/mol. The van der Waals surface area contributed by atoms with Gasteiger partial charge in [0.2, 0.25) is 5.91 Å². The van der Waals surface area contributed by atoms with Crippen molar-refractivity contribution in [1.29, 1.82) is 0 Å². The number of aromatic amines is 1. The van der Waals surface area contributed by atoms with E-state index in [9.17, 15) is 14.4 Å². The molecule has 2 aliphatic carbocycles. The second-order valence-electron chi connectivity index (χ2n) is 6.75. The molecule has 0 spiro atoms. The Balaban J connectivity index is 1.50. The summed E-state index contributed by atoms with van der Waals surface area (Å²) in [6, 6.07) is 1.49. The average Bonchev–Trinajstić information content (AvgIpc) is 3.09. The minimum Gasteiger partial charge on any atom is -0.353 e. The highest BCUT2D eigenvalue weighted by atomic mass is 16.2.